The van der Waals surface area contributed by atoms with Crippen LogP contribution in [0.4, 0.5) is 4.79 Å². The highest BCUT2D eigenvalue weighted by atomic mass is 35.5. The van der Waals surface area contributed by atoms with Crippen molar-refractivity contribution in [2.24, 2.45) is 4.99 Å². The first kappa shape index (κ1) is 27.2. The zero-order valence-electron chi connectivity index (χ0n) is 21.4. The minimum absolute atomic E-state index is 0.288. The summed E-state index contributed by atoms with van der Waals surface area (Å²) >= 11 is 7.45. The van der Waals surface area contributed by atoms with Crippen LogP contribution in [-0.4, -0.2) is 22.6 Å². The lowest BCUT2D eigenvalue weighted by Gasteiger charge is -2.20. The van der Waals surface area contributed by atoms with Gasteiger partial charge in [0.15, 0.2) is 0 Å². The molecule has 0 saturated heterocycles. The number of carbonyl (C=O) groups is 1. The molecule has 1 heterocycles. The average Bonchev–Trinajstić information content (AvgIpc) is 2.90. The zero-order valence-corrected chi connectivity index (χ0v) is 23.0. The summed E-state index contributed by atoms with van der Waals surface area (Å²) in [6, 6.07) is 29.6. The van der Waals surface area contributed by atoms with E-state index >= 15 is 0 Å². The molecule has 0 spiro atoms. The highest BCUT2D eigenvalue weighted by Gasteiger charge is 2.18. The number of ether oxygens (including phenoxy) is 1. The molecule has 6 nitrogen and oxygen atoms in total. The molecule has 0 aliphatic heterocycles. The average molecular weight is 545 g/mol. The number of guanidine groups is 1. The number of benzene rings is 3. The molecule has 1 amide bonds. The molecule has 38 heavy (non-hydrogen) atoms. The van der Waals surface area contributed by atoms with Gasteiger partial charge in [-0.1, -0.05) is 72.3 Å². The summed E-state index contributed by atoms with van der Waals surface area (Å²) < 4.78 is 8.55. The van der Waals surface area contributed by atoms with Crippen LogP contribution in [0.3, 0.4) is 0 Å². The molecule has 0 fully saturated rings. The fourth-order valence-electron chi connectivity index (χ4n) is 3.53. The first-order chi connectivity index (χ1) is 18.3. The van der Waals surface area contributed by atoms with Crippen LogP contribution in [-0.2, 0) is 11.3 Å². The fraction of sp³-hybridized carbons (Fsp3) is 0.167. The molecular weight excluding hydrogens is 516 g/mol. The molecule has 0 aliphatic carbocycles. The summed E-state index contributed by atoms with van der Waals surface area (Å²) in [5, 5.41) is 3.40. The SMILES string of the molecule is CC(C)(C)OC(=O)NC(=NCc1cnc(-c2ccc(Cl)cc2)c(-c2ccccc2)c1)NSc1ccccc1. The van der Waals surface area contributed by atoms with Gasteiger partial charge >= 0.3 is 6.09 Å². The van der Waals surface area contributed by atoms with Crippen LogP contribution in [0.2, 0.25) is 5.02 Å². The minimum Gasteiger partial charge on any atom is -0.444 e. The Morgan fingerprint density at radius 2 is 1.61 bits per heavy atom. The van der Waals surface area contributed by atoms with Crippen molar-refractivity contribution in [1.29, 1.82) is 0 Å². The number of alkyl carbamates (subject to hydrolysis) is 1. The van der Waals surface area contributed by atoms with E-state index in [2.05, 4.69) is 33.2 Å². The van der Waals surface area contributed by atoms with Crippen LogP contribution in [0.25, 0.3) is 22.4 Å². The predicted octanol–water partition coefficient (Wildman–Crippen LogP) is 7.75. The van der Waals surface area contributed by atoms with Crippen molar-refractivity contribution >= 4 is 35.6 Å². The first-order valence-corrected chi connectivity index (χ1v) is 13.3. The van der Waals surface area contributed by atoms with Crippen molar-refractivity contribution in [3.05, 3.63) is 108 Å². The number of aliphatic imine (C=N–C) groups is 1. The Kier molecular flexibility index (Phi) is 9.05. The van der Waals surface area contributed by atoms with E-state index in [9.17, 15) is 4.79 Å². The zero-order chi connectivity index (χ0) is 27.0. The largest absolute Gasteiger partial charge is 0.444 e. The molecule has 1 aromatic heterocycles. The van der Waals surface area contributed by atoms with Crippen molar-refractivity contribution in [1.82, 2.24) is 15.0 Å². The van der Waals surface area contributed by atoms with E-state index in [1.54, 1.807) is 6.20 Å². The molecule has 0 bridgehead atoms. The molecule has 194 valence electrons. The van der Waals surface area contributed by atoms with Gasteiger partial charge in [-0.25, -0.2) is 9.79 Å². The summed E-state index contributed by atoms with van der Waals surface area (Å²) in [7, 11) is 0. The van der Waals surface area contributed by atoms with E-state index in [0.717, 1.165) is 32.8 Å². The summed E-state index contributed by atoms with van der Waals surface area (Å²) in [6.45, 7) is 5.74. The Labute approximate surface area is 232 Å². The number of hydrogen-bond donors (Lipinski definition) is 2. The van der Waals surface area contributed by atoms with Gasteiger partial charge in [0.2, 0.25) is 5.96 Å². The van der Waals surface area contributed by atoms with Gasteiger partial charge in [0.05, 0.1) is 12.2 Å². The molecule has 4 rings (SSSR count). The Bertz CT molecular complexity index is 1390. The number of nitrogens with zero attached hydrogens (tertiary/aromatic N) is 2. The van der Waals surface area contributed by atoms with Crippen molar-refractivity contribution in [2.75, 3.05) is 0 Å². The Morgan fingerprint density at radius 1 is 0.947 bits per heavy atom. The van der Waals surface area contributed by atoms with E-state index in [1.807, 2.05) is 93.6 Å². The topological polar surface area (TPSA) is 75.6 Å². The molecule has 0 atom stereocenters. The molecule has 0 aliphatic rings. The van der Waals surface area contributed by atoms with Crippen LogP contribution in [0, 0.1) is 0 Å². The van der Waals surface area contributed by atoms with Gasteiger partial charge in [0.25, 0.3) is 0 Å². The highest BCUT2D eigenvalue weighted by Crippen LogP contribution is 2.32. The van der Waals surface area contributed by atoms with Crippen LogP contribution < -0.4 is 10.0 Å². The standard InChI is InChI=1S/C30H29ClN4O2S/c1-30(2,3)37-29(36)34-28(35-38-25-12-8-5-9-13-25)33-20-21-18-26(22-10-6-4-7-11-22)27(32-19-21)23-14-16-24(31)17-15-23/h4-19H,20H2,1-3H3,(H2,33,34,35,36). The number of aromatic nitrogens is 1. The molecule has 4 aromatic rings. The summed E-state index contributed by atoms with van der Waals surface area (Å²) in [4.78, 5) is 22.9. The highest BCUT2D eigenvalue weighted by molar-refractivity contribution is 7.98. The lowest BCUT2D eigenvalue weighted by molar-refractivity contribution is 0.0562. The van der Waals surface area contributed by atoms with Gasteiger partial charge in [-0.2, -0.15) is 0 Å². The second-order valence-corrected chi connectivity index (χ2v) is 10.7. The Balaban J connectivity index is 1.61. The van der Waals surface area contributed by atoms with Crippen molar-refractivity contribution in [3.63, 3.8) is 0 Å². The number of rotatable bonds is 6. The third-order valence-electron chi connectivity index (χ3n) is 5.19. The van der Waals surface area contributed by atoms with Crippen LogP contribution in [0.15, 0.2) is 107 Å². The summed E-state index contributed by atoms with van der Waals surface area (Å²) in [5.74, 6) is 0.288. The quantitative estimate of drug-likeness (QED) is 0.147. The van der Waals surface area contributed by atoms with E-state index in [-0.39, 0.29) is 5.96 Å². The van der Waals surface area contributed by atoms with Gasteiger partial charge in [0.1, 0.15) is 5.60 Å². The van der Waals surface area contributed by atoms with Crippen molar-refractivity contribution in [3.8, 4) is 22.4 Å². The maximum atomic E-state index is 12.5. The number of amides is 1. The summed E-state index contributed by atoms with van der Waals surface area (Å²) in [5.41, 5.74) is 4.10. The van der Waals surface area contributed by atoms with E-state index in [1.165, 1.54) is 11.9 Å². The third-order valence-corrected chi connectivity index (χ3v) is 6.25. The molecule has 3 aromatic carbocycles. The summed E-state index contributed by atoms with van der Waals surface area (Å²) in [6.07, 6.45) is 1.22. The van der Waals surface area contributed by atoms with Crippen molar-refractivity contribution < 1.29 is 9.53 Å². The van der Waals surface area contributed by atoms with Gasteiger partial charge < -0.3 is 4.74 Å². The molecule has 2 N–H and O–H groups in total. The Hall–Kier alpha value is -3.81. The maximum Gasteiger partial charge on any atom is 0.414 e. The first-order valence-electron chi connectivity index (χ1n) is 12.1. The number of hydrogen-bond acceptors (Lipinski definition) is 5. The minimum atomic E-state index is -0.631. The molecule has 0 radical (unpaired) electrons. The third kappa shape index (κ3) is 8.10. The second-order valence-electron chi connectivity index (χ2n) is 9.42. The smallest absolute Gasteiger partial charge is 0.414 e. The van der Waals surface area contributed by atoms with Gasteiger partial charge in [-0.05, 0) is 74.2 Å². The lowest BCUT2D eigenvalue weighted by Crippen LogP contribution is -2.41. The van der Waals surface area contributed by atoms with Crippen molar-refractivity contribution in [2.45, 2.75) is 37.8 Å². The molecule has 0 saturated carbocycles. The van der Waals surface area contributed by atoms with E-state index in [0.29, 0.717) is 11.6 Å². The van der Waals surface area contributed by atoms with Gasteiger partial charge in [-0.3, -0.25) is 15.0 Å². The van der Waals surface area contributed by atoms with Gasteiger partial charge in [0, 0.05) is 27.2 Å². The number of carbonyl (C=O) groups excluding carboxylic acids is 1. The van der Waals surface area contributed by atoms with Crippen LogP contribution >= 0.6 is 23.5 Å². The van der Waals surface area contributed by atoms with E-state index < -0.39 is 11.7 Å². The lowest BCUT2D eigenvalue weighted by atomic mass is 9.98. The molecular formula is C30H29ClN4O2S. The number of pyridine rings is 1. The Morgan fingerprint density at radius 3 is 2.26 bits per heavy atom. The van der Waals surface area contributed by atoms with Gasteiger partial charge in [-0.15, -0.1) is 0 Å². The van der Waals surface area contributed by atoms with Crippen LogP contribution in [0.5, 0.6) is 0 Å². The molecule has 8 heteroatoms. The number of nitrogens with one attached hydrogen (secondary N) is 2. The number of halogens is 1. The van der Waals surface area contributed by atoms with Crippen LogP contribution in [0.1, 0.15) is 26.3 Å². The monoisotopic (exact) mass is 544 g/mol. The maximum absolute atomic E-state index is 12.5. The second kappa shape index (κ2) is 12.6. The fourth-order valence-corrected chi connectivity index (χ4v) is 4.28. The molecule has 0 unspecified atom stereocenters. The van der Waals surface area contributed by atoms with E-state index in [4.69, 9.17) is 21.3 Å². The predicted molar refractivity (Wildman–Crippen MR) is 156 cm³/mol. The normalized spacial score (nSPS) is 11.6.